The molecule has 2 saturated heterocycles. The zero-order chi connectivity index (χ0) is 31.4. The molecule has 2 aromatic rings. The van der Waals surface area contributed by atoms with E-state index in [0.717, 1.165) is 42.4 Å². The molecule has 44 heavy (non-hydrogen) atoms. The molecular formula is C34H44ClN5O4. The number of halogens is 1. The molecule has 9 nitrogen and oxygen atoms in total. The largest absolute Gasteiger partial charge is 0.348 e. The molecule has 2 unspecified atom stereocenters. The van der Waals surface area contributed by atoms with Gasteiger partial charge in [-0.15, -0.1) is 0 Å². The summed E-state index contributed by atoms with van der Waals surface area (Å²) in [6.45, 7) is 4.84. The maximum Gasteiger partial charge on any atom is 0.245 e. The zero-order valence-electron chi connectivity index (χ0n) is 25.9. The van der Waals surface area contributed by atoms with Crippen molar-refractivity contribution in [3.05, 3.63) is 70.2 Å². The smallest absolute Gasteiger partial charge is 0.245 e. The lowest BCUT2D eigenvalue weighted by Gasteiger charge is -2.47. The number of nitrogens with one attached hydrogen (secondary N) is 2. The summed E-state index contributed by atoms with van der Waals surface area (Å²) in [4.78, 5) is 59.5. The summed E-state index contributed by atoms with van der Waals surface area (Å²) in [6.07, 6.45) is 4.21. The van der Waals surface area contributed by atoms with E-state index in [1.165, 1.54) is 0 Å². The predicted molar refractivity (Wildman–Crippen MR) is 170 cm³/mol. The van der Waals surface area contributed by atoms with E-state index in [1.807, 2.05) is 60.4 Å². The molecule has 0 bridgehead atoms. The Morgan fingerprint density at radius 1 is 1.05 bits per heavy atom. The Kier molecular flexibility index (Phi) is 10.4. The molecule has 2 aromatic carbocycles. The lowest BCUT2D eigenvalue weighted by Crippen LogP contribution is -2.65. The van der Waals surface area contributed by atoms with Gasteiger partial charge in [-0.05, 0) is 63.4 Å². The Labute approximate surface area is 265 Å². The summed E-state index contributed by atoms with van der Waals surface area (Å²) in [5, 5.41) is 6.34. The number of carbonyl (C=O) groups excluding carboxylic acids is 4. The van der Waals surface area contributed by atoms with E-state index in [1.54, 1.807) is 18.9 Å². The lowest BCUT2D eigenvalue weighted by atomic mass is 9.80. The van der Waals surface area contributed by atoms with Crippen LogP contribution >= 0.6 is 11.6 Å². The molecule has 0 aromatic heterocycles. The van der Waals surface area contributed by atoms with Crippen molar-refractivity contribution in [1.29, 1.82) is 0 Å². The van der Waals surface area contributed by atoms with Gasteiger partial charge in [0.2, 0.25) is 17.7 Å². The minimum Gasteiger partial charge on any atom is -0.348 e. The molecule has 2 heterocycles. The van der Waals surface area contributed by atoms with Crippen LogP contribution < -0.4 is 10.6 Å². The number of piperazine rings is 1. The standard InChI is InChI=1S/C34H44ClN5O4/c1-22-11-13-25(14-12-22)18-29-34(44)38(16-15-24-7-6-8-26(35)17-24)20-31-39(21-32(42)40(29)31)28-10-5-4-9-27(28)30(41)19-37-33(43)23(2)36-3/h6-8,11-14,17,23,27-29,31,36H,4-5,9-10,15-16,18-21H2,1-3H3,(H,37,43)/t23-,27?,28?,29-,31+/m0/s1. The van der Waals surface area contributed by atoms with Crippen LogP contribution in [0.25, 0.3) is 0 Å². The molecule has 2 N–H and O–H groups in total. The molecule has 1 aliphatic carbocycles. The molecule has 5 atom stereocenters. The fraction of sp³-hybridized carbons (Fsp3) is 0.529. The van der Waals surface area contributed by atoms with Crippen LogP contribution in [0.4, 0.5) is 0 Å². The topological polar surface area (TPSA) is 102 Å². The van der Waals surface area contributed by atoms with E-state index in [4.69, 9.17) is 11.6 Å². The maximum atomic E-state index is 14.0. The molecule has 10 heteroatoms. The first-order chi connectivity index (χ1) is 21.2. The minimum atomic E-state index is -0.617. The van der Waals surface area contributed by atoms with Crippen LogP contribution in [0.1, 0.15) is 49.3 Å². The van der Waals surface area contributed by atoms with Crippen molar-refractivity contribution in [1.82, 2.24) is 25.3 Å². The second kappa shape index (κ2) is 14.2. The number of hydrogen-bond acceptors (Lipinski definition) is 6. The third-order valence-electron chi connectivity index (χ3n) is 9.57. The summed E-state index contributed by atoms with van der Waals surface area (Å²) in [5.74, 6) is -0.608. The van der Waals surface area contributed by atoms with Gasteiger partial charge in [0.25, 0.3) is 0 Å². The number of aryl methyl sites for hydroxylation is 1. The highest BCUT2D eigenvalue weighted by atomic mass is 35.5. The summed E-state index contributed by atoms with van der Waals surface area (Å²) >= 11 is 6.23. The average Bonchev–Trinajstić information content (AvgIpc) is 3.36. The first-order valence-corrected chi connectivity index (χ1v) is 16.2. The number of Topliss-reactive ketones (excluding diaryl/α,β-unsaturated/α-hetero) is 1. The lowest BCUT2D eigenvalue weighted by molar-refractivity contribution is -0.154. The average molecular weight is 622 g/mol. The van der Waals surface area contributed by atoms with Crippen molar-refractivity contribution >= 4 is 35.1 Å². The molecular weight excluding hydrogens is 578 g/mol. The van der Waals surface area contributed by atoms with E-state index in [9.17, 15) is 19.2 Å². The highest BCUT2D eigenvalue weighted by molar-refractivity contribution is 6.30. The summed E-state index contributed by atoms with van der Waals surface area (Å²) in [6, 6.07) is 14.7. The molecule has 2 aliphatic heterocycles. The van der Waals surface area contributed by atoms with Crippen LogP contribution in [0.5, 0.6) is 0 Å². The summed E-state index contributed by atoms with van der Waals surface area (Å²) in [7, 11) is 1.71. The predicted octanol–water partition coefficient (Wildman–Crippen LogP) is 2.97. The molecule has 1 saturated carbocycles. The Morgan fingerprint density at radius 3 is 2.52 bits per heavy atom. The molecule has 3 aliphatic rings. The number of ketones is 1. The number of benzene rings is 2. The van der Waals surface area contributed by atoms with E-state index >= 15 is 0 Å². The normalized spacial score (nSPS) is 24.7. The van der Waals surface area contributed by atoms with E-state index in [-0.39, 0.29) is 54.7 Å². The first-order valence-electron chi connectivity index (χ1n) is 15.8. The van der Waals surface area contributed by atoms with Gasteiger partial charge in [0.05, 0.1) is 25.7 Å². The first kappa shape index (κ1) is 32.1. The second-order valence-electron chi connectivity index (χ2n) is 12.5. The van der Waals surface area contributed by atoms with Gasteiger partial charge in [0, 0.05) is 29.9 Å². The van der Waals surface area contributed by atoms with Crippen LogP contribution in [0.2, 0.25) is 5.02 Å². The monoisotopic (exact) mass is 621 g/mol. The number of hydrogen-bond donors (Lipinski definition) is 2. The quantitative estimate of drug-likeness (QED) is 0.400. The number of nitrogens with zero attached hydrogens (tertiary/aromatic N) is 3. The van der Waals surface area contributed by atoms with Crippen molar-refractivity contribution in [2.24, 2.45) is 5.92 Å². The highest BCUT2D eigenvalue weighted by Gasteiger charge is 2.53. The van der Waals surface area contributed by atoms with Gasteiger partial charge in [-0.25, -0.2) is 0 Å². The number of rotatable bonds is 11. The Balaban J connectivity index is 1.39. The van der Waals surface area contributed by atoms with Crippen LogP contribution in [0.15, 0.2) is 48.5 Å². The van der Waals surface area contributed by atoms with Crippen LogP contribution in [0.3, 0.4) is 0 Å². The Morgan fingerprint density at radius 2 is 1.80 bits per heavy atom. The third kappa shape index (κ3) is 7.16. The molecule has 0 radical (unpaired) electrons. The highest BCUT2D eigenvalue weighted by Crippen LogP contribution is 2.36. The fourth-order valence-electron chi connectivity index (χ4n) is 6.96. The van der Waals surface area contributed by atoms with Crippen LogP contribution in [-0.4, -0.2) is 95.7 Å². The van der Waals surface area contributed by atoms with Gasteiger partial charge in [-0.1, -0.05) is 66.4 Å². The van der Waals surface area contributed by atoms with Gasteiger partial charge in [0.1, 0.15) is 12.2 Å². The van der Waals surface area contributed by atoms with Crippen molar-refractivity contribution in [2.45, 2.75) is 76.7 Å². The maximum absolute atomic E-state index is 14.0. The van der Waals surface area contributed by atoms with E-state index in [0.29, 0.717) is 31.0 Å². The van der Waals surface area contributed by atoms with E-state index in [2.05, 4.69) is 15.5 Å². The second-order valence-corrected chi connectivity index (χ2v) is 12.9. The van der Waals surface area contributed by atoms with Crippen LogP contribution in [-0.2, 0) is 32.0 Å². The molecule has 3 fully saturated rings. The van der Waals surface area contributed by atoms with Crippen LogP contribution in [0, 0.1) is 12.8 Å². The number of amides is 3. The number of fused-ring (bicyclic) bond motifs is 1. The fourth-order valence-corrected chi connectivity index (χ4v) is 7.18. The summed E-state index contributed by atoms with van der Waals surface area (Å²) < 4.78 is 0. The molecule has 5 rings (SSSR count). The SMILES string of the molecule is CN[C@@H](C)C(=O)NCC(=O)C1CCCCC1N1CC(=O)N2[C@@H]1CN(CCc1cccc(Cl)c1)C(=O)[C@@H]2Cc1ccc(C)cc1. The van der Waals surface area contributed by atoms with Gasteiger partial charge < -0.3 is 20.4 Å². The molecule has 3 amide bonds. The van der Waals surface area contributed by atoms with Gasteiger partial charge in [-0.2, -0.15) is 0 Å². The van der Waals surface area contributed by atoms with Gasteiger partial charge in [0.15, 0.2) is 5.78 Å². The Hall–Kier alpha value is -3.27. The molecule has 0 spiro atoms. The van der Waals surface area contributed by atoms with Crippen molar-refractivity contribution in [3.63, 3.8) is 0 Å². The zero-order valence-corrected chi connectivity index (χ0v) is 26.7. The third-order valence-corrected chi connectivity index (χ3v) is 9.80. The summed E-state index contributed by atoms with van der Waals surface area (Å²) in [5.41, 5.74) is 3.19. The minimum absolute atomic E-state index is 0.00171. The van der Waals surface area contributed by atoms with Crippen molar-refractivity contribution in [3.8, 4) is 0 Å². The number of likely N-dealkylation sites (N-methyl/N-ethyl adjacent to an activating group) is 1. The Bertz CT molecular complexity index is 1370. The van der Waals surface area contributed by atoms with Crippen molar-refractivity contribution < 1.29 is 19.2 Å². The number of carbonyl (C=O) groups is 4. The molecule has 236 valence electrons. The van der Waals surface area contributed by atoms with Gasteiger partial charge in [-0.3, -0.25) is 24.1 Å². The van der Waals surface area contributed by atoms with E-state index < -0.39 is 12.1 Å². The van der Waals surface area contributed by atoms with Gasteiger partial charge >= 0.3 is 0 Å². The van der Waals surface area contributed by atoms with Crippen molar-refractivity contribution in [2.75, 3.05) is 33.2 Å².